The summed E-state index contributed by atoms with van der Waals surface area (Å²) in [5, 5.41) is 3.60. The Bertz CT molecular complexity index is 379. The van der Waals surface area contributed by atoms with Gasteiger partial charge >= 0.3 is 0 Å². The predicted molar refractivity (Wildman–Crippen MR) is 76.5 cm³/mol. The van der Waals surface area contributed by atoms with Gasteiger partial charge in [-0.05, 0) is 62.4 Å². The second-order valence-electron chi connectivity index (χ2n) is 4.82. The van der Waals surface area contributed by atoms with E-state index in [4.69, 9.17) is 0 Å². The molecule has 0 fully saturated rings. The van der Waals surface area contributed by atoms with Gasteiger partial charge in [0.25, 0.3) is 0 Å². The topological polar surface area (TPSA) is 12.0 Å². The molecule has 0 heterocycles. The molecule has 0 aliphatic carbocycles. The van der Waals surface area contributed by atoms with Gasteiger partial charge in [-0.1, -0.05) is 25.1 Å². The van der Waals surface area contributed by atoms with Crippen molar-refractivity contribution in [2.24, 2.45) is 0 Å². The van der Waals surface area contributed by atoms with Crippen molar-refractivity contribution in [1.29, 1.82) is 0 Å². The summed E-state index contributed by atoms with van der Waals surface area (Å²) in [7, 11) is 0. The van der Waals surface area contributed by atoms with Gasteiger partial charge in [0.15, 0.2) is 0 Å². The molecule has 0 spiro atoms. The number of benzene rings is 1. The van der Waals surface area contributed by atoms with Crippen molar-refractivity contribution in [3.8, 4) is 0 Å². The van der Waals surface area contributed by atoms with Crippen molar-refractivity contribution in [3.63, 3.8) is 0 Å². The molecule has 0 aliphatic rings. The maximum atomic E-state index is 3.86. The molecule has 1 N–H and O–H groups in total. The minimum Gasteiger partial charge on any atom is -0.310 e. The summed E-state index contributed by atoms with van der Waals surface area (Å²) in [6, 6.07) is 5.02. The lowest BCUT2D eigenvalue weighted by atomic mass is 9.94. The highest BCUT2D eigenvalue weighted by Crippen LogP contribution is 2.24. The smallest absolute Gasteiger partial charge is 0.0357 e. The van der Waals surface area contributed by atoms with Crippen LogP contribution >= 0.6 is 0 Å². The molecule has 0 radical (unpaired) electrons. The van der Waals surface area contributed by atoms with Gasteiger partial charge < -0.3 is 5.32 Å². The lowest BCUT2D eigenvalue weighted by Crippen LogP contribution is -2.22. The van der Waals surface area contributed by atoms with Crippen LogP contribution in [0.5, 0.6) is 0 Å². The molecule has 0 saturated carbocycles. The van der Waals surface area contributed by atoms with Gasteiger partial charge in [-0.3, -0.25) is 0 Å². The molecule has 1 nitrogen and oxygen atoms in total. The fourth-order valence-corrected chi connectivity index (χ4v) is 2.16. The van der Waals surface area contributed by atoms with Crippen molar-refractivity contribution in [2.45, 2.75) is 46.6 Å². The molecule has 0 amide bonds. The van der Waals surface area contributed by atoms with Gasteiger partial charge in [0, 0.05) is 6.04 Å². The molecule has 0 aromatic heterocycles. The zero-order chi connectivity index (χ0) is 12.8. The Labute approximate surface area is 106 Å². The minimum absolute atomic E-state index is 0.409. The van der Waals surface area contributed by atoms with Crippen LogP contribution in [-0.4, -0.2) is 6.54 Å². The summed E-state index contributed by atoms with van der Waals surface area (Å²) >= 11 is 0. The van der Waals surface area contributed by atoms with Gasteiger partial charge in [0.05, 0.1) is 0 Å². The average Bonchev–Trinajstić information content (AvgIpc) is 2.29. The van der Waals surface area contributed by atoms with Crippen molar-refractivity contribution >= 4 is 0 Å². The van der Waals surface area contributed by atoms with Gasteiger partial charge in [-0.15, -0.1) is 6.58 Å². The van der Waals surface area contributed by atoms with Crippen LogP contribution in [0.1, 0.15) is 48.1 Å². The van der Waals surface area contributed by atoms with Gasteiger partial charge in [-0.2, -0.15) is 0 Å². The number of rotatable bonds is 6. The van der Waals surface area contributed by atoms with E-state index in [2.05, 4.69) is 51.7 Å². The van der Waals surface area contributed by atoms with E-state index in [-0.39, 0.29) is 0 Å². The monoisotopic (exact) mass is 231 g/mol. The van der Waals surface area contributed by atoms with E-state index in [1.165, 1.54) is 22.3 Å². The van der Waals surface area contributed by atoms with Crippen LogP contribution < -0.4 is 5.32 Å². The highest BCUT2D eigenvalue weighted by Gasteiger charge is 2.12. The molecular weight excluding hydrogens is 206 g/mol. The summed E-state index contributed by atoms with van der Waals surface area (Å²) in [5.74, 6) is 0. The molecule has 1 rings (SSSR count). The van der Waals surface area contributed by atoms with E-state index in [1.54, 1.807) is 0 Å². The Morgan fingerprint density at radius 2 is 1.82 bits per heavy atom. The molecule has 17 heavy (non-hydrogen) atoms. The summed E-state index contributed by atoms with van der Waals surface area (Å²) in [5.41, 5.74) is 5.54. The van der Waals surface area contributed by atoms with E-state index >= 15 is 0 Å². The zero-order valence-electron chi connectivity index (χ0n) is 11.6. The van der Waals surface area contributed by atoms with E-state index in [0.717, 1.165) is 19.4 Å². The van der Waals surface area contributed by atoms with E-state index in [9.17, 15) is 0 Å². The second-order valence-corrected chi connectivity index (χ2v) is 4.82. The Kier molecular flexibility index (Phi) is 5.43. The molecule has 0 bridgehead atoms. The first kappa shape index (κ1) is 14.0. The molecule has 1 heteroatoms. The normalized spacial score (nSPS) is 12.5. The largest absolute Gasteiger partial charge is 0.310 e. The quantitative estimate of drug-likeness (QED) is 0.722. The highest BCUT2D eigenvalue weighted by molar-refractivity contribution is 5.38. The van der Waals surface area contributed by atoms with Crippen molar-refractivity contribution < 1.29 is 0 Å². The first-order chi connectivity index (χ1) is 8.10. The molecule has 0 saturated heterocycles. The molecule has 1 aromatic carbocycles. The number of nitrogens with one attached hydrogen (secondary N) is 1. The third-order valence-electron chi connectivity index (χ3n) is 3.30. The van der Waals surface area contributed by atoms with Gasteiger partial charge in [0.2, 0.25) is 0 Å². The summed E-state index contributed by atoms with van der Waals surface area (Å²) in [6.07, 6.45) is 4.16. The van der Waals surface area contributed by atoms with Crippen LogP contribution in [0, 0.1) is 20.8 Å². The van der Waals surface area contributed by atoms with Gasteiger partial charge in [-0.25, -0.2) is 0 Å². The Morgan fingerprint density at radius 1 is 1.18 bits per heavy atom. The van der Waals surface area contributed by atoms with Crippen molar-refractivity contribution in [1.82, 2.24) is 5.32 Å². The second kappa shape index (κ2) is 6.61. The van der Waals surface area contributed by atoms with E-state index < -0.39 is 0 Å². The lowest BCUT2D eigenvalue weighted by molar-refractivity contribution is 0.534. The predicted octanol–water partition coefficient (Wildman–Crippen LogP) is 4.23. The first-order valence-corrected chi connectivity index (χ1v) is 6.52. The van der Waals surface area contributed by atoms with Crippen LogP contribution in [0.25, 0.3) is 0 Å². The summed E-state index contributed by atoms with van der Waals surface area (Å²) in [6.45, 7) is 13.7. The van der Waals surface area contributed by atoms with Crippen LogP contribution in [0.15, 0.2) is 24.8 Å². The Morgan fingerprint density at radius 3 is 2.41 bits per heavy atom. The number of aryl methyl sites for hydroxylation is 3. The Hall–Kier alpha value is -1.08. The SMILES string of the molecule is C=CCC(NCCC)c1cc(C)c(C)cc1C. The molecular formula is C16H25N. The minimum atomic E-state index is 0.409. The van der Waals surface area contributed by atoms with Crippen LogP contribution in [-0.2, 0) is 0 Å². The fourth-order valence-electron chi connectivity index (χ4n) is 2.16. The summed E-state index contributed by atoms with van der Waals surface area (Å²) < 4.78 is 0. The third-order valence-corrected chi connectivity index (χ3v) is 3.30. The molecule has 94 valence electrons. The van der Waals surface area contributed by atoms with Crippen LogP contribution in [0.4, 0.5) is 0 Å². The maximum absolute atomic E-state index is 3.86. The zero-order valence-corrected chi connectivity index (χ0v) is 11.6. The molecule has 1 aromatic rings. The first-order valence-electron chi connectivity index (χ1n) is 6.52. The third kappa shape index (κ3) is 3.71. The van der Waals surface area contributed by atoms with Crippen LogP contribution in [0.2, 0.25) is 0 Å². The molecule has 1 unspecified atom stereocenters. The summed E-state index contributed by atoms with van der Waals surface area (Å²) in [4.78, 5) is 0. The molecule has 1 atom stereocenters. The average molecular weight is 231 g/mol. The number of hydrogen-bond donors (Lipinski definition) is 1. The van der Waals surface area contributed by atoms with Crippen molar-refractivity contribution in [2.75, 3.05) is 6.54 Å². The van der Waals surface area contributed by atoms with Gasteiger partial charge in [0.1, 0.15) is 0 Å². The maximum Gasteiger partial charge on any atom is 0.0357 e. The fraction of sp³-hybridized carbons (Fsp3) is 0.500. The molecule has 0 aliphatic heterocycles. The van der Waals surface area contributed by atoms with Crippen molar-refractivity contribution in [3.05, 3.63) is 47.0 Å². The van der Waals surface area contributed by atoms with E-state index in [0.29, 0.717) is 6.04 Å². The van der Waals surface area contributed by atoms with Crippen LogP contribution in [0.3, 0.4) is 0 Å². The Balaban J connectivity index is 2.99. The standard InChI is InChI=1S/C16H25N/c1-6-8-16(17-9-7-2)15-11-13(4)12(3)10-14(15)5/h6,10-11,16-17H,1,7-9H2,2-5H3. The number of hydrogen-bond acceptors (Lipinski definition) is 1. The lowest BCUT2D eigenvalue weighted by Gasteiger charge is -2.21. The highest BCUT2D eigenvalue weighted by atomic mass is 14.9. The van der Waals surface area contributed by atoms with E-state index in [1.807, 2.05) is 6.08 Å².